The highest BCUT2D eigenvalue weighted by molar-refractivity contribution is 7.00. The molecule has 8 nitrogen and oxygen atoms in total. The van der Waals surface area contributed by atoms with Gasteiger partial charge in [0.05, 0.1) is 25.4 Å². The van der Waals surface area contributed by atoms with Crippen molar-refractivity contribution in [2.24, 2.45) is 0 Å². The molecule has 0 aliphatic carbocycles. The number of hydrogen-bond donors (Lipinski definition) is 1. The number of hydrogen-bond acceptors (Lipinski definition) is 7. The highest BCUT2D eigenvalue weighted by Gasteiger charge is 2.27. The van der Waals surface area contributed by atoms with Crippen LogP contribution in [0.15, 0.2) is 60.7 Å². The Morgan fingerprint density at radius 1 is 1.03 bits per heavy atom. The Hall–Kier alpha value is -4.24. The minimum Gasteiger partial charge on any atom is -0.496 e. The molecule has 0 aliphatic rings. The van der Waals surface area contributed by atoms with E-state index < -0.39 is 5.97 Å². The lowest BCUT2D eigenvalue weighted by molar-refractivity contribution is -0.114. The second kappa shape index (κ2) is 9.79. The van der Waals surface area contributed by atoms with Crippen LogP contribution in [0.1, 0.15) is 29.9 Å². The molecule has 2 aromatic heterocycles. The summed E-state index contributed by atoms with van der Waals surface area (Å²) in [6.45, 7) is 3.89. The Bertz CT molecular complexity index is 1600. The first kappa shape index (κ1) is 23.5. The quantitative estimate of drug-likeness (QED) is 0.296. The number of amides is 1. The standard InChI is InChI=1S/C27H24N4O4S/c1-4-35-27(33)26-25(19-7-5-6-8-24(19)34-3)20-14-18(28-16(2)32)10-12-23(20)31(26)15-17-9-11-21-22(13-17)30-36-29-21/h5-14H,4,15H2,1-3H3,(H,28,32). The van der Waals surface area contributed by atoms with Crippen LogP contribution in [-0.2, 0) is 16.1 Å². The molecule has 36 heavy (non-hydrogen) atoms. The first-order chi connectivity index (χ1) is 17.5. The molecule has 0 unspecified atom stereocenters. The van der Waals surface area contributed by atoms with E-state index in [0.717, 1.165) is 33.1 Å². The maximum absolute atomic E-state index is 13.5. The molecule has 0 saturated carbocycles. The average molecular weight is 501 g/mol. The molecule has 0 saturated heterocycles. The van der Waals surface area contributed by atoms with Crippen molar-refractivity contribution in [2.75, 3.05) is 19.0 Å². The fraction of sp³-hybridized carbons (Fsp3) is 0.185. The van der Waals surface area contributed by atoms with Gasteiger partial charge in [-0.25, -0.2) is 4.79 Å². The molecule has 1 amide bonds. The van der Waals surface area contributed by atoms with Crippen LogP contribution in [0.25, 0.3) is 33.1 Å². The van der Waals surface area contributed by atoms with Crippen LogP contribution in [0.5, 0.6) is 5.75 Å². The van der Waals surface area contributed by atoms with Crippen LogP contribution in [-0.4, -0.2) is 38.9 Å². The molecule has 5 aromatic rings. The zero-order valence-corrected chi connectivity index (χ0v) is 20.9. The molecule has 3 aromatic carbocycles. The number of aromatic nitrogens is 3. The Balaban J connectivity index is 1.81. The van der Waals surface area contributed by atoms with E-state index in [1.807, 2.05) is 65.2 Å². The van der Waals surface area contributed by atoms with E-state index in [2.05, 4.69) is 14.1 Å². The van der Waals surface area contributed by atoms with Crippen LogP contribution in [0.3, 0.4) is 0 Å². The number of rotatable bonds is 7. The van der Waals surface area contributed by atoms with Crippen molar-refractivity contribution >= 4 is 51.2 Å². The molecule has 0 radical (unpaired) electrons. The maximum atomic E-state index is 13.5. The zero-order valence-electron chi connectivity index (χ0n) is 20.1. The lowest BCUT2D eigenvalue weighted by Gasteiger charge is -2.13. The van der Waals surface area contributed by atoms with Gasteiger partial charge in [0.25, 0.3) is 0 Å². The highest BCUT2D eigenvalue weighted by Crippen LogP contribution is 2.41. The van der Waals surface area contributed by atoms with E-state index in [4.69, 9.17) is 9.47 Å². The largest absolute Gasteiger partial charge is 0.496 e. The number of nitrogens with one attached hydrogen (secondary N) is 1. The monoisotopic (exact) mass is 500 g/mol. The number of carbonyl (C=O) groups excluding carboxylic acids is 2. The number of para-hydroxylation sites is 1. The summed E-state index contributed by atoms with van der Waals surface area (Å²) in [4.78, 5) is 25.3. The molecule has 1 N–H and O–H groups in total. The summed E-state index contributed by atoms with van der Waals surface area (Å²) in [6.07, 6.45) is 0. The number of benzene rings is 3. The molecule has 0 fully saturated rings. The van der Waals surface area contributed by atoms with Gasteiger partial charge in [0, 0.05) is 41.2 Å². The van der Waals surface area contributed by atoms with Crippen molar-refractivity contribution in [3.8, 4) is 16.9 Å². The number of esters is 1. The van der Waals surface area contributed by atoms with Crippen molar-refractivity contribution < 1.29 is 19.1 Å². The van der Waals surface area contributed by atoms with Gasteiger partial charge in [0.2, 0.25) is 5.91 Å². The number of carbonyl (C=O) groups is 2. The minimum atomic E-state index is -0.438. The molecule has 2 heterocycles. The molecular formula is C27H24N4O4S. The van der Waals surface area contributed by atoms with Gasteiger partial charge in [-0.3, -0.25) is 4.79 Å². The van der Waals surface area contributed by atoms with Gasteiger partial charge in [-0.2, -0.15) is 8.75 Å². The summed E-state index contributed by atoms with van der Waals surface area (Å²) in [5, 5.41) is 3.64. The van der Waals surface area contributed by atoms with Crippen LogP contribution in [0, 0.1) is 0 Å². The normalized spacial score (nSPS) is 11.1. The van der Waals surface area contributed by atoms with Crippen molar-refractivity contribution in [1.82, 2.24) is 13.3 Å². The predicted octanol–water partition coefficient (Wildman–Crippen LogP) is 5.51. The average Bonchev–Trinajstić information content (AvgIpc) is 3.46. The number of anilines is 1. The molecule has 0 spiro atoms. The Kier molecular flexibility index (Phi) is 6.39. The lowest BCUT2D eigenvalue weighted by atomic mass is 10.0. The topological polar surface area (TPSA) is 95.3 Å². The summed E-state index contributed by atoms with van der Waals surface area (Å²) in [5.74, 6) is 0.0116. The maximum Gasteiger partial charge on any atom is 0.355 e. The van der Waals surface area contributed by atoms with Crippen LogP contribution >= 0.6 is 11.7 Å². The molecule has 0 atom stereocenters. The second-order valence-electron chi connectivity index (χ2n) is 8.23. The Morgan fingerprint density at radius 2 is 1.83 bits per heavy atom. The van der Waals surface area contributed by atoms with Crippen LogP contribution in [0.4, 0.5) is 5.69 Å². The van der Waals surface area contributed by atoms with E-state index in [1.54, 1.807) is 14.0 Å². The Labute approximate surface area is 211 Å². The van der Waals surface area contributed by atoms with E-state index in [1.165, 1.54) is 18.7 Å². The van der Waals surface area contributed by atoms with Crippen molar-refractivity contribution in [3.63, 3.8) is 0 Å². The molecule has 9 heteroatoms. The van der Waals surface area contributed by atoms with Crippen molar-refractivity contribution in [1.29, 1.82) is 0 Å². The van der Waals surface area contributed by atoms with Crippen LogP contribution < -0.4 is 10.1 Å². The van der Waals surface area contributed by atoms with E-state index in [0.29, 0.717) is 29.2 Å². The van der Waals surface area contributed by atoms with Gasteiger partial charge < -0.3 is 19.4 Å². The number of nitrogens with zero attached hydrogens (tertiary/aromatic N) is 3. The number of methoxy groups -OCH3 is 1. The number of ether oxygens (including phenoxy) is 2. The highest BCUT2D eigenvalue weighted by atomic mass is 32.1. The van der Waals surface area contributed by atoms with E-state index in [9.17, 15) is 9.59 Å². The molecule has 5 rings (SSSR count). The smallest absolute Gasteiger partial charge is 0.355 e. The predicted molar refractivity (Wildman–Crippen MR) is 141 cm³/mol. The number of fused-ring (bicyclic) bond motifs is 2. The molecular weight excluding hydrogens is 476 g/mol. The van der Waals surface area contributed by atoms with Gasteiger partial charge >= 0.3 is 5.97 Å². The zero-order chi connectivity index (χ0) is 25.2. The fourth-order valence-electron chi connectivity index (χ4n) is 4.44. The summed E-state index contributed by atoms with van der Waals surface area (Å²) in [6, 6.07) is 19.1. The molecule has 182 valence electrons. The van der Waals surface area contributed by atoms with E-state index >= 15 is 0 Å². The first-order valence-electron chi connectivity index (χ1n) is 11.5. The lowest BCUT2D eigenvalue weighted by Crippen LogP contribution is -2.14. The van der Waals surface area contributed by atoms with Crippen LogP contribution in [0.2, 0.25) is 0 Å². The second-order valence-corrected chi connectivity index (χ2v) is 8.76. The third-order valence-electron chi connectivity index (χ3n) is 5.89. The van der Waals surface area contributed by atoms with Gasteiger partial charge in [0.15, 0.2) is 0 Å². The molecule has 0 bridgehead atoms. The summed E-state index contributed by atoms with van der Waals surface area (Å²) in [7, 11) is 1.60. The van der Waals surface area contributed by atoms with Gasteiger partial charge in [-0.15, -0.1) is 0 Å². The fourth-order valence-corrected chi connectivity index (χ4v) is 4.96. The van der Waals surface area contributed by atoms with E-state index in [-0.39, 0.29) is 12.5 Å². The van der Waals surface area contributed by atoms with Gasteiger partial charge in [-0.1, -0.05) is 24.3 Å². The van der Waals surface area contributed by atoms with Crippen molar-refractivity contribution in [2.45, 2.75) is 20.4 Å². The van der Waals surface area contributed by atoms with Crippen molar-refractivity contribution in [3.05, 3.63) is 71.9 Å². The summed E-state index contributed by atoms with van der Waals surface area (Å²) >= 11 is 1.17. The summed E-state index contributed by atoms with van der Waals surface area (Å²) in [5.41, 5.74) is 5.92. The summed E-state index contributed by atoms with van der Waals surface area (Å²) < 4.78 is 21.8. The Morgan fingerprint density at radius 3 is 2.61 bits per heavy atom. The SMILES string of the molecule is CCOC(=O)c1c(-c2ccccc2OC)c2cc(NC(C)=O)ccc2n1Cc1ccc2nsnc2c1. The third-order valence-corrected chi connectivity index (χ3v) is 6.44. The van der Waals surface area contributed by atoms with Gasteiger partial charge in [-0.05, 0) is 48.9 Å². The molecule has 0 aliphatic heterocycles. The minimum absolute atomic E-state index is 0.177. The van der Waals surface area contributed by atoms with Gasteiger partial charge in [0.1, 0.15) is 22.5 Å². The third kappa shape index (κ3) is 4.29. The first-order valence-corrected chi connectivity index (χ1v) is 12.2.